The number of urea groups is 1. The third-order valence-electron chi connectivity index (χ3n) is 4.53. The molecule has 1 heterocycles. The van der Waals surface area contributed by atoms with Crippen molar-refractivity contribution in [3.8, 4) is 5.75 Å². The third kappa shape index (κ3) is 3.57. The van der Waals surface area contributed by atoms with Crippen LogP contribution in [0.5, 0.6) is 5.75 Å². The van der Waals surface area contributed by atoms with E-state index in [1.807, 2.05) is 24.3 Å². The number of carbonyl (C=O) groups is 2. The fourth-order valence-electron chi connectivity index (χ4n) is 3.25. The van der Waals surface area contributed by atoms with Crippen LogP contribution >= 0.6 is 0 Å². The highest BCUT2D eigenvalue weighted by Crippen LogP contribution is 2.23. The number of ether oxygens (including phenoxy) is 1. The van der Waals surface area contributed by atoms with Gasteiger partial charge in [-0.15, -0.1) is 0 Å². The van der Waals surface area contributed by atoms with Crippen molar-refractivity contribution in [1.82, 2.24) is 10.2 Å². The average Bonchev–Trinajstić information content (AvgIpc) is 3.18. The van der Waals surface area contributed by atoms with Gasteiger partial charge in [0.05, 0.1) is 7.11 Å². The Morgan fingerprint density at radius 2 is 1.91 bits per heavy atom. The van der Waals surface area contributed by atoms with Crippen LogP contribution < -0.4 is 15.0 Å². The molecule has 1 aliphatic heterocycles. The number of nitrogens with zero attached hydrogens (tertiary/aromatic N) is 2. The lowest BCUT2D eigenvalue weighted by Gasteiger charge is -2.19. The van der Waals surface area contributed by atoms with Crippen LogP contribution in [0.4, 0.5) is 10.5 Å². The largest absolute Gasteiger partial charge is 0.497 e. The number of carbonyl (C=O) groups excluding carboxylic acids is 2. The predicted molar refractivity (Wildman–Crippen MR) is 87.7 cm³/mol. The van der Waals surface area contributed by atoms with Gasteiger partial charge in [-0.2, -0.15) is 0 Å². The predicted octanol–water partition coefficient (Wildman–Crippen LogP) is 2.00. The number of rotatable bonds is 5. The maximum atomic E-state index is 12.5. The zero-order chi connectivity index (χ0) is 16.2. The second-order valence-corrected chi connectivity index (χ2v) is 6.10. The number of benzene rings is 1. The molecular weight excluding hydrogens is 294 g/mol. The quantitative estimate of drug-likeness (QED) is 0.903. The summed E-state index contributed by atoms with van der Waals surface area (Å²) < 4.78 is 5.13. The number of amides is 3. The van der Waals surface area contributed by atoms with E-state index in [-0.39, 0.29) is 24.5 Å². The van der Waals surface area contributed by atoms with Crippen LogP contribution in [-0.4, -0.2) is 49.6 Å². The summed E-state index contributed by atoms with van der Waals surface area (Å²) >= 11 is 0. The standard InChI is InChI=1S/C17H23N3O3/c1-23-15-8-6-14(7-9-15)20-11-10-19(17(20)22)12-16(21)18-13-4-2-3-5-13/h6-9,13H,2-5,10-12H2,1H3,(H,18,21). The first-order valence-electron chi connectivity index (χ1n) is 8.17. The maximum Gasteiger partial charge on any atom is 0.325 e. The number of hydrogen-bond donors (Lipinski definition) is 1. The molecule has 1 saturated heterocycles. The molecule has 0 radical (unpaired) electrons. The fourth-order valence-corrected chi connectivity index (χ4v) is 3.25. The Hall–Kier alpha value is -2.24. The molecule has 6 heteroatoms. The van der Waals surface area contributed by atoms with E-state index in [1.54, 1.807) is 16.9 Å². The Kier molecular flexibility index (Phi) is 4.69. The molecule has 1 aromatic rings. The molecule has 2 aliphatic rings. The summed E-state index contributed by atoms with van der Waals surface area (Å²) in [5.41, 5.74) is 0.828. The Morgan fingerprint density at radius 3 is 2.57 bits per heavy atom. The van der Waals surface area contributed by atoms with E-state index in [0.717, 1.165) is 24.3 Å². The van der Waals surface area contributed by atoms with Gasteiger partial charge < -0.3 is 15.0 Å². The van der Waals surface area contributed by atoms with Gasteiger partial charge in [0, 0.05) is 24.8 Å². The molecule has 0 spiro atoms. The Balaban J connectivity index is 1.56. The molecule has 3 rings (SSSR count). The van der Waals surface area contributed by atoms with Crippen molar-refractivity contribution in [2.24, 2.45) is 0 Å². The highest BCUT2D eigenvalue weighted by Gasteiger charge is 2.31. The summed E-state index contributed by atoms with van der Waals surface area (Å²) in [5, 5.41) is 3.03. The molecule has 6 nitrogen and oxygen atoms in total. The minimum Gasteiger partial charge on any atom is -0.497 e. The van der Waals surface area contributed by atoms with E-state index in [4.69, 9.17) is 4.74 Å². The summed E-state index contributed by atoms with van der Waals surface area (Å²) in [6.07, 6.45) is 4.47. The molecule has 1 saturated carbocycles. The van der Waals surface area contributed by atoms with Crippen molar-refractivity contribution in [3.63, 3.8) is 0 Å². The molecule has 1 aliphatic carbocycles. The first kappa shape index (κ1) is 15.6. The molecule has 23 heavy (non-hydrogen) atoms. The second-order valence-electron chi connectivity index (χ2n) is 6.10. The first-order valence-corrected chi connectivity index (χ1v) is 8.17. The zero-order valence-electron chi connectivity index (χ0n) is 13.5. The summed E-state index contributed by atoms with van der Waals surface area (Å²) in [6.45, 7) is 1.31. The number of methoxy groups -OCH3 is 1. The fraction of sp³-hybridized carbons (Fsp3) is 0.529. The van der Waals surface area contributed by atoms with Crippen molar-refractivity contribution in [3.05, 3.63) is 24.3 Å². The lowest BCUT2D eigenvalue weighted by Crippen LogP contribution is -2.42. The van der Waals surface area contributed by atoms with E-state index in [2.05, 4.69) is 5.32 Å². The molecule has 0 aromatic heterocycles. The highest BCUT2D eigenvalue weighted by atomic mass is 16.5. The molecule has 0 bridgehead atoms. The van der Waals surface area contributed by atoms with Gasteiger partial charge in [-0.05, 0) is 37.1 Å². The maximum absolute atomic E-state index is 12.5. The van der Waals surface area contributed by atoms with Gasteiger partial charge >= 0.3 is 6.03 Å². The Labute approximate surface area is 136 Å². The summed E-state index contributed by atoms with van der Waals surface area (Å²) in [7, 11) is 1.61. The van der Waals surface area contributed by atoms with E-state index >= 15 is 0 Å². The van der Waals surface area contributed by atoms with Crippen LogP contribution in [0.3, 0.4) is 0 Å². The van der Waals surface area contributed by atoms with Crippen molar-refractivity contribution in [2.75, 3.05) is 31.6 Å². The van der Waals surface area contributed by atoms with Crippen molar-refractivity contribution in [1.29, 1.82) is 0 Å². The van der Waals surface area contributed by atoms with Gasteiger partial charge in [0.25, 0.3) is 0 Å². The van der Waals surface area contributed by atoms with E-state index in [0.29, 0.717) is 13.1 Å². The molecular formula is C17H23N3O3. The first-order chi connectivity index (χ1) is 11.2. The van der Waals surface area contributed by atoms with E-state index in [9.17, 15) is 9.59 Å². The topological polar surface area (TPSA) is 61.9 Å². The summed E-state index contributed by atoms with van der Waals surface area (Å²) in [4.78, 5) is 27.9. The molecule has 124 valence electrons. The van der Waals surface area contributed by atoms with E-state index in [1.165, 1.54) is 12.8 Å². The molecule has 2 fully saturated rings. The Bertz CT molecular complexity index is 567. The van der Waals surface area contributed by atoms with Crippen LogP contribution in [0.2, 0.25) is 0 Å². The van der Waals surface area contributed by atoms with E-state index < -0.39 is 0 Å². The normalized spacial score (nSPS) is 18.6. The number of hydrogen-bond acceptors (Lipinski definition) is 3. The van der Waals surface area contributed by atoms with Crippen molar-refractivity contribution >= 4 is 17.6 Å². The molecule has 0 atom stereocenters. The molecule has 1 N–H and O–H groups in total. The lowest BCUT2D eigenvalue weighted by molar-refractivity contribution is -0.122. The number of anilines is 1. The smallest absolute Gasteiger partial charge is 0.325 e. The van der Waals surface area contributed by atoms with Crippen LogP contribution in [0.1, 0.15) is 25.7 Å². The summed E-state index contributed by atoms with van der Waals surface area (Å²) in [6, 6.07) is 7.56. The van der Waals surface area contributed by atoms with Gasteiger partial charge in [0.2, 0.25) is 5.91 Å². The van der Waals surface area contributed by atoms with Crippen molar-refractivity contribution in [2.45, 2.75) is 31.7 Å². The number of nitrogens with one attached hydrogen (secondary N) is 1. The van der Waals surface area contributed by atoms with Crippen LogP contribution in [-0.2, 0) is 4.79 Å². The highest BCUT2D eigenvalue weighted by molar-refractivity contribution is 5.96. The van der Waals surface area contributed by atoms with Crippen LogP contribution in [0, 0.1) is 0 Å². The van der Waals surface area contributed by atoms with Gasteiger partial charge in [-0.3, -0.25) is 9.69 Å². The molecule has 1 aromatic carbocycles. The average molecular weight is 317 g/mol. The molecule has 0 unspecified atom stereocenters. The van der Waals surface area contributed by atoms with Crippen molar-refractivity contribution < 1.29 is 14.3 Å². The van der Waals surface area contributed by atoms with Gasteiger partial charge in [-0.25, -0.2) is 4.79 Å². The van der Waals surface area contributed by atoms with Crippen LogP contribution in [0.15, 0.2) is 24.3 Å². The molecule has 3 amide bonds. The van der Waals surface area contributed by atoms with Crippen LogP contribution in [0.25, 0.3) is 0 Å². The van der Waals surface area contributed by atoms with Gasteiger partial charge in [0.15, 0.2) is 0 Å². The summed E-state index contributed by atoms with van der Waals surface area (Å²) in [5.74, 6) is 0.704. The monoisotopic (exact) mass is 317 g/mol. The SMILES string of the molecule is COc1ccc(N2CCN(CC(=O)NC3CCCC3)C2=O)cc1. The zero-order valence-corrected chi connectivity index (χ0v) is 13.5. The second kappa shape index (κ2) is 6.89. The minimum absolute atomic E-state index is 0.0539. The lowest BCUT2D eigenvalue weighted by atomic mass is 10.2. The third-order valence-corrected chi connectivity index (χ3v) is 4.53. The Morgan fingerprint density at radius 1 is 1.22 bits per heavy atom. The van der Waals surface area contributed by atoms with Gasteiger partial charge in [0.1, 0.15) is 12.3 Å². The van der Waals surface area contributed by atoms with Gasteiger partial charge in [-0.1, -0.05) is 12.8 Å². The minimum atomic E-state index is -0.114.